The molecule has 0 spiro atoms. The molecule has 3 nitrogen and oxygen atoms in total. The molecule has 0 aromatic rings. The normalized spacial score (nSPS) is 10.4. The first kappa shape index (κ1) is 8.83. The first-order chi connectivity index (χ1) is 4.72. The zero-order valence-corrected chi connectivity index (χ0v) is 6.59. The van der Waals surface area contributed by atoms with E-state index in [0.29, 0.717) is 12.5 Å². The van der Waals surface area contributed by atoms with Crippen molar-refractivity contribution < 1.29 is 4.74 Å². The number of rotatable bonds is 3. The summed E-state index contributed by atoms with van der Waals surface area (Å²) < 4.78 is 5.11. The lowest BCUT2D eigenvalue weighted by Gasteiger charge is -2.15. The average Bonchev–Trinajstić information content (AvgIpc) is 1.87. The maximum atomic E-state index is 8.28. The monoisotopic (exact) mass is 140 g/mol. The highest BCUT2D eigenvalue weighted by Crippen LogP contribution is 1.98. The molecule has 0 radical (unpaired) electrons. The van der Waals surface area contributed by atoms with Crippen LogP contribution in [0.3, 0.4) is 0 Å². The standard InChI is InChI=1S/C7H12N2O/c1-4-10-7(5-6-8)9(2)3/h5H,4H2,1-3H3. The fourth-order valence-electron chi connectivity index (χ4n) is 0.503. The van der Waals surface area contributed by atoms with Gasteiger partial charge in [-0.3, -0.25) is 0 Å². The Bertz CT molecular complexity index is 155. The van der Waals surface area contributed by atoms with Crippen LogP contribution in [0.2, 0.25) is 0 Å². The number of allylic oxidation sites excluding steroid dienone is 1. The predicted octanol–water partition coefficient (Wildman–Crippen LogP) is 0.949. The highest BCUT2D eigenvalue weighted by atomic mass is 16.5. The number of nitriles is 1. The zero-order valence-electron chi connectivity index (χ0n) is 6.59. The number of nitrogens with zero attached hydrogens (tertiary/aromatic N) is 2. The Balaban J connectivity index is 4.01. The van der Waals surface area contributed by atoms with E-state index in [1.807, 2.05) is 27.1 Å². The van der Waals surface area contributed by atoms with Crippen molar-refractivity contribution in [2.75, 3.05) is 20.7 Å². The molecule has 0 N–H and O–H groups in total. The Kier molecular flexibility index (Phi) is 4.14. The van der Waals surface area contributed by atoms with Crippen LogP contribution in [0.25, 0.3) is 0 Å². The van der Waals surface area contributed by atoms with E-state index < -0.39 is 0 Å². The first-order valence-electron chi connectivity index (χ1n) is 3.12. The van der Waals surface area contributed by atoms with Crippen LogP contribution < -0.4 is 0 Å². The van der Waals surface area contributed by atoms with Gasteiger partial charge in [0.2, 0.25) is 0 Å². The molecular weight excluding hydrogens is 128 g/mol. The van der Waals surface area contributed by atoms with Crippen molar-refractivity contribution in [1.82, 2.24) is 4.90 Å². The largest absolute Gasteiger partial charge is 0.479 e. The second-order valence-corrected chi connectivity index (χ2v) is 1.94. The van der Waals surface area contributed by atoms with Crippen LogP contribution in [0, 0.1) is 11.3 Å². The van der Waals surface area contributed by atoms with Crippen LogP contribution in [0.4, 0.5) is 0 Å². The van der Waals surface area contributed by atoms with Crippen LogP contribution in [0.15, 0.2) is 12.0 Å². The maximum Gasteiger partial charge on any atom is 0.199 e. The summed E-state index contributed by atoms with van der Waals surface area (Å²) in [7, 11) is 3.66. The number of hydrogen-bond acceptors (Lipinski definition) is 3. The van der Waals surface area contributed by atoms with Gasteiger partial charge in [-0.15, -0.1) is 0 Å². The summed E-state index contributed by atoms with van der Waals surface area (Å²) >= 11 is 0. The molecule has 0 fully saturated rings. The van der Waals surface area contributed by atoms with E-state index in [0.717, 1.165) is 0 Å². The van der Waals surface area contributed by atoms with Gasteiger partial charge in [-0.25, -0.2) is 0 Å². The molecule has 0 aromatic heterocycles. The van der Waals surface area contributed by atoms with Crippen LogP contribution in [0.1, 0.15) is 6.92 Å². The first-order valence-corrected chi connectivity index (χ1v) is 3.12. The van der Waals surface area contributed by atoms with E-state index >= 15 is 0 Å². The van der Waals surface area contributed by atoms with Gasteiger partial charge in [-0.1, -0.05) is 0 Å². The Morgan fingerprint density at radius 3 is 2.60 bits per heavy atom. The minimum atomic E-state index is 0.589. The molecule has 0 amide bonds. The lowest BCUT2D eigenvalue weighted by atomic mass is 10.6. The second kappa shape index (κ2) is 4.68. The van der Waals surface area contributed by atoms with Crippen molar-refractivity contribution in [3.8, 4) is 6.07 Å². The van der Waals surface area contributed by atoms with Gasteiger partial charge in [0, 0.05) is 14.1 Å². The molecule has 56 valence electrons. The molecule has 0 aliphatic rings. The Hall–Kier alpha value is -1.17. The van der Waals surface area contributed by atoms with Gasteiger partial charge in [0.15, 0.2) is 5.88 Å². The third-order valence-corrected chi connectivity index (χ3v) is 0.921. The molecule has 0 aliphatic heterocycles. The fourth-order valence-corrected chi connectivity index (χ4v) is 0.503. The van der Waals surface area contributed by atoms with Gasteiger partial charge < -0.3 is 9.64 Å². The van der Waals surface area contributed by atoms with Crippen molar-refractivity contribution in [3.05, 3.63) is 12.0 Å². The summed E-state index contributed by atoms with van der Waals surface area (Å²) in [4.78, 5) is 1.76. The van der Waals surface area contributed by atoms with Crippen molar-refractivity contribution >= 4 is 0 Å². The Morgan fingerprint density at radius 2 is 2.30 bits per heavy atom. The third-order valence-electron chi connectivity index (χ3n) is 0.921. The Morgan fingerprint density at radius 1 is 1.70 bits per heavy atom. The summed E-state index contributed by atoms with van der Waals surface area (Å²) in [5.74, 6) is 0.602. The van der Waals surface area contributed by atoms with E-state index in [1.54, 1.807) is 4.90 Å². The van der Waals surface area contributed by atoms with Gasteiger partial charge >= 0.3 is 0 Å². The lowest BCUT2D eigenvalue weighted by Crippen LogP contribution is -2.13. The van der Waals surface area contributed by atoms with E-state index in [1.165, 1.54) is 6.08 Å². The molecule has 0 saturated heterocycles. The van der Waals surface area contributed by atoms with E-state index in [-0.39, 0.29) is 0 Å². The van der Waals surface area contributed by atoms with Crippen molar-refractivity contribution in [2.45, 2.75) is 6.92 Å². The molecule has 0 heterocycles. The van der Waals surface area contributed by atoms with Crippen LogP contribution in [0.5, 0.6) is 0 Å². The molecule has 10 heavy (non-hydrogen) atoms. The van der Waals surface area contributed by atoms with Gasteiger partial charge in [-0.2, -0.15) is 5.26 Å². The summed E-state index contributed by atoms with van der Waals surface area (Å²) in [5.41, 5.74) is 0. The molecule has 0 unspecified atom stereocenters. The predicted molar refractivity (Wildman–Crippen MR) is 39.0 cm³/mol. The molecular formula is C7H12N2O. The lowest BCUT2D eigenvalue weighted by molar-refractivity contribution is 0.152. The van der Waals surface area contributed by atoms with Crippen LogP contribution in [-0.2, 0) is 4.74 Å². The van der Waals surface area contributed by atoms with E-state index in [4.69, 9.17) is 10.00 Å². The van der Waals surface area contributed by atoms with Gasteiger partial charge in [0.1, 0.15) is 0 Å². The second-order valence-electron chi connectivity index (χ2n) is 1.94. The van der Waals surface area contributed by atoms with Gasteiger partial charge in [0.05, 0.1) is 18.8 Å². The fraction of sp³-hybridized carbons (Fsp3) is 0.571. The maximum absolute atomic E-state index is 8.28. The quantitative estimate of drug-likeness (QED) is 0.432. The van der Waals surface area contributed by atoms with Crippen molar-refractivity contribution in [1.29, 1.82) is 5.26 Å². The molecule has 0 saturated carbocycles. The SMILES string of the molecule is CCOC(=CC#N)N(C)C. The molecule has 0 atom stereocenters. The third kappa shape index (κ3) is 2.98. The summed E-state index contributed by atoms with van der Waals surface area (Å²) in [6.45, 7) is 2.47. The Labute approximate surface area is 61.5 Å². The zero-order chi connectivity index (χ0) is 7.98. The summed E-state index contributed by atoms with van der Waals surface area (Å²) in [6.07, 6.45) is 1.38. The van der Waals surface area contributed by atoms with Crippen molar-refractivity contribution in [3.63, 3.8) is 0 Å². The minimum Gasteiger partial charge on any atom is -0.479 e. The van der Waals surface area contributed by atoms with E-state index in [9.17, 15) is 0 Å². The molecule has 0 bridgehead atoms. The number of ether oxygens (including phenoxy) is 1. The van der Waals surface area contributed by atoms with Crippen LogP contribution in [-0.4, -0.2) is 25.6 Å². The molecule has 3 heteroatoms. The van der Waals surface area contributed by atoms with Gasteiger partial charge in [-0.05, 0) is 6.92 Å². The van der Waals surface area contributed by atoms with E-state index in [2.05, 4.69) is 0 Å². The highest BCUT2D eigenvalue weighted by molar-refractivity contribution is 5.06. The number of hydrogen-bond donors (Lipinski definition) is 0. The smallest absolute Gasteiger partial charge is 0.199 e. The average molecular weight is 140 g/mol. The topological polar surface area (TPSA) is 36.3 Å². The molecule has 0 aromatic carbocycles. The van der Waals surface area contributed by atoms with Crippen molar-refractivity contribution in [2.24, 2.45) is 0 Å². The molecule has 0 aliphatic carbocycles. The molecule has 0 rings (SSSR count). The van der Waals surface area contributed by atoms with Crippen LogP contribution >= 0.6 is 0 Å². The highest BCUT2D eigenvalue weighted by Gasteiger charge is 1.96. The summed E-state index contributed by atoms with van der Waals surface area (Å²) in [6, 6.07) is 1.91. The summed E-state index contributed by atoms with van der Waals surface area (Å²) in [5, 5.41) is 8.28. The van der Waals surface area contributed by atoms with Gasteiger partial charge in [0.25, 0.3) is 0 Å². The minimum absolute atomic E-state index is 0.589.